The van der Waals surface area contributed by atoms with Crippen LogP contribution >= 0.6 is 11.6 Å². The molecule has 1 atom stereocenters. The number of rotatable bonds is 7. The summed E-state index contributed by atoms with van der Waals surface area (Å²) in [4.78, 5) is 36.2. The van der Waals surface area contributed by atoms with Crippen molar-refractivity contribution in [1.82, 2.24) is 0 Å². The van der Waals surface area contributed by atoms with Crippen molar-refractivity contribution in [2.75, 3.05) is 5.32 Å². The summed E-state index contributed by atoms with van der Waals surface area (Å²) >= 11 is 5.93. The maximum atomic E-state index is 12.2. The lowest BCUT2D eigenvalue weighted by atomic mass is 10.1. The van der Waals surface area contributed by atoms with Crippen molar-refractivity contribution in [3.05, 3.63) is 64.2 Å². The van der Waals surface area contributed by atoms with Gasteiger partial charge < -0.3 is 10.1 Å². The van der Waals surface area contributed by atoms with Gasteiger partial charge in [-0.1, -0.05) is 47.5 Å². The van der Waals surface area contributed by atoms with Gasteiger partial charge in [0.15, 0.2) is 11.9 Å². The van der Waals surface area contributed by atoms with Gasteiger partial charge in [-0.25, -0.2) is 0 Å². The smallest absolute Gasteiger partial charge is 0.307 e. The van der Waals surface area contributed by atoms with Gasteiger partial charge in [0.2, 0.25) is 0 Å². The average molecular weight is 388 g/mol. The van der Waals surface area contributed by atoms with E-state index in [1.165, 1.54) is 6.92 Å². The minimum absolute atomic E-state index is 0.0314. The number of hydrogen-bond donors (Lipinski definition) is 1. The highest BCUT2D eigenvalue weighted by atomic mass is 35.5. The number of ketones is 1. The molecule has 0 radical (unpaired) electrons. The standard InChI is InChI=1S/C21H22ClNO4/c1-13-4-7-16(8-5-13)19(24)10-11-20(25)27-15(3)21(26)23-18-12-17(22)9-6-14(18)2/h4-9,12,15H,10-11H2,1-3H3,(H,23,26)/t15-/m0/s1. The molecule has 0 saturated carbocycles. The van der Waals surface area contributed by atoms with Crippen molar-refractivity contribution in [1.29, 1.82) is 0 Å². The van der Waals surface area contributed by atoms with E-state index >= 15 is 0 Å². The van der Waals surface area contributed by atoms with E-state index in [2.05, 4.69) is 5.32 Å². The van der Waals surface area contributed by atoms with Crippen LogP contribution in [0.25, 0.3) is 0 Å². The average Bonchev–Trinajstić information content (AvgIpc) is 2.63. The zero-order valence-corrected chi connectivity index (χ0v) is 16.3. The number of anilines is 1. The number of esters is 1. The van der Waals surface area contributed by atoms with E-state index in [9.17, 15) is 14.4 Å². The number of hydrogen-bond acceptors (Lipinski definition) is 4. The Bertz CT molecular complexity index is 846. The molecule has 0 unspecified atom stereocenters. The lowest BCUT2D eigenvalue weighted by molar-refractivity contribution is -0.153. The van der Waals surface area contributed by atoms with Crippen molar-refractivity contribution in [3.63, 3.8) is 0 Å². The number of halogens is 1. The molecule has 142 valence electrons. The highest BCUT2D eigenvalue weighted by molar-refractivity contribution is 6.31. The molecule has 0 spiro atoms. The molecule has 0 bridgehead atoms. The van der Waals surface area contributed by atoms with Crippen molar-refractivity contribution in [2.24, 2.45) is 0 Å². The van der Waals surface area contributed by atoms with Crippen molar-refractivity contribution < 1.29 is 19.1 Å². The first-order valence-electron chi connectivity index (χ1n) is 8.62. The van der Waals surface area contributed by atoms with Crippen LogP contribution in [0.15, 0.2) is 42.5 Å². The SMILES string of the molecule is Cc1ccc(C(=O)CCC(=O)O[C@@H](C)C(=O)Nc2cc(Cl)ccc2C)cc1. The molecule has 1 N–H and O–H groups in total. The Kier molecular flexibility index (Phi) is 7.13. The second kappa shape index (κ2) is 9.33. The van der Waals surface area contributed by atoms with Crippen LogP contribution < -0.4 is 5.32 Å². The van der Waals surface area contributed by atoms with E-state index in [1.807, 2.05) is 26.0 Å². The van der Waals surface area contributed by atoms with E-state index in [-0.39, 0.29) is 18.6 Å². The van der Waals surface area contributed by atoms with Gasteiger partial charge in [0.1, 0.15) is 0 Å². The molecule has 2 aromatic carbocycles. The zero-order chi connectivity index (χ0) is 20.0. The van der Waals surface area contributed by atoms with Crippen LogP contribution in [0.2, 0.25) is 5.02 Å². The largest absolute Gasteiger partial charge is 0.453 e. The molecule has 0 saturated heterocycles. The summed E-state index contributed by atoms with van der Waals surface area (Å²) in [6.07, 6.45) is -1.03. The van der Waals surface area contributed by atoms with Crippen LogP contribution in [0.3, 0.4) is 0 Å². The number of Topliss-reactive ketones (excluding diaryl/α,β-unsaturated/α-hetero) is 1. The molecule has 5 nitrogen and oxygen atoms in total. The van der Waals surface area contributed by atoms with Crippen LogP contribution in [0.4, 0.5) is 5.69 Å². The summed E-state index contributed by atoms with van der Waals surface area (Å²) in [6.45, 7) is 5.25. The number of nitrogens with one attached hydrogen (secondary N) is 1. The second-order valence-electron chi connectivity index (χ2n) is 6.37. The normalized spacial score (nSPS) is 11.6. The third-order valence-electron chi connectivity index (χ3n) is 4.06. The van der Waals surface area contributed by atoms with Gasteiger partial charge >= 0.3 is 5.97 Å². The second-order valence-corrected chi connectivity index (χ2v) is 6.81. The quantitative estimate of drug-likeness (QED) is 0.561. The Labute approximate surface area is 163 Å². The first-order chi connectivity index (χ1) is 12.8. The number of carbonyl (C=O) groups excluding carboxylic acids is 3. The zero-order valence-electron chi connectivity index (χ0n) is 15.5. The first kappa shape index (κ1) is 20.6. The lowest BCUT2D eigenvalue weighted by Gasteiger charge is -2.15. The molecule has 0 fully saturated rings. The summed E-state index contributed by atoms with van der Waals surface area (Å²) in [7, 11) is 0. The van der Waals surface area contributed by atoms with Crippen molar-refractivity contribution >= 4 is 34.9 Å². The molecule has 6 heteroatoms. The number of carbonyl (C=O) groups is 3. The van der Waals surface area contributed by atoms with Gasteiger partial charge in [-0.05, 0) is 38.5 Å². The fraction of sp³-hybridized carbons (Fsp3) is 0.286. The van der Waals surface area contributed by atoms with Crippen molar-refractivity contribution in [3.8, 4) is 0 Å². The van der Waals surface area contributed by atoms with E-state index in [1.54, 1.807) is 30.3 Å². The number of aryl methyl sites for hydroxylation is 2. The summed E-state index contributed by atoms with van der Waals surface area (Å²) in [5.41, 5.74) is 3.01. The molecule has 0 aliphatic heterocycles. The minimum Gasteiger partial charge on any atom is -0.453 e. The number of benzene rings is 2. The summed E-state index contributed by atoms with van der Waals surface area (Å²) in [6, 6.07) is 12.3. The Hall–Kier alpha value is -2.66. The Morgan fingerprint density at radius 3 is 2.37 bits per heavy atom. The van der Waals surface area contributed by atoms with Gasteiger partial charge in [0, 0.05) is 22.7 Å². The first-order valence-corrected chi connectivity index (χ1v) is 9.00. The lowest BCUT2D eigenvalue weighted by Crippen LogP contribution is -2.30. The molecule has 1 amide bonds. The summed E-state index contributed by atoms with van der Waals surface area (Å²) < 4.78 is 5.12. The predicted octanol–water partition coefficient (Wildman–Crippen LogP) is 4.49. The molecule has 2 aromatic rings. The predicted molar refractivity (Wildman–Crippen MR) is 105 cm³/mol. The maximum absolute atomic E-state index is 12.2. The third kappa shape index (κ3) is 6.22. The minimum atomic E-state index is -0.981. The van der Waals surface area contributed by atoms with Gasteiger partial charge in [-0.15, -0.1) is 0 Å². The third-order valence-corrected chi connectivity index (χ3v) is 4.30. The van der Waals surface area contributed by atoms with Crippen molar-refractivity contribution in [2.45, 2.75) is 39.7 Å². The van der Waals surface area contributed by atoms with E-state index < -0.39 is 18.0 Å². The molecular weight excluding hydrogens is 366 g/mol. The van der Waals surface area contributed by atoms with Crippen LogP contribution in [0, 0.1) is 13.8 Å². The van der Waals surface area contributed by atoms with Crippen LogP contribution in [0.1, 0.15) is 41.3 Å². The number of amides is 1. The molecule has 0 aliphatic rings. The molecule has 0 aromatic heterocycles. The molecule has 0 aliphatic carbocycles. The molecular formula is C21H22ClNO4. The Morgan fingerprint density at radius 2 is 1.70 bits per heavy atom. The van der Waals surface area contributed by atoms with E-state index in [0.717, 1.165) is 11.1 Å². The molecule has 0 heterocycles. The summed E-state index contributed by atoms with van der Waals surface area (Å²) in [5, 5.41) is 3.18. The monoisotopic (exact) mass is 387 g/mol. The highest BCUT2D eigenvalue weighted by Gasteiger charge is 2.19. The Morgan fingerprint density at radius 1 is 1.04 bits per heavy atom. The fourth-order valence-electron chi connectivity index (χ4n) is 2.37. The molecule has 27 heavy (non-hydrogen) atoms. The topological polar surface area (TPSA) is 72.5 Å². The van der Waals surface area contributed by atoms with E-state index in [4.69, 9.17) is 16.3 Å². The van der Waals surface area contributed by atoms with E-state index in [0.29, 0.717) is 16.3 Å². The van der Waals surface area contributed by atoms with Gasteiger partial charge in [0.05, 0.1) is 6.42 Å². The Balaban J connectivity index is 1.83. The maximum Gasteiger partial charge on any atom is 0.307 e. The van der Waals surface area contributed by atoms with Gasteiger partial charge in [-0.2, -0.15) is 0 Å². The van der Waals surface area contributed by atoms with Gasteiger partial charge in [0.25, 0.3) is 5.91 Å². The fourth-order valence-corrected chi connectivity index (χ4v) is 2.54. The number of ether oxygens (including phenoxy) is 1. The summed E-state index contributed by atoms with van der Waals surface area (Å²) in [5.74, 6) is -1.20. The van der Waals surface area contributed by atoms with Crippen LogP contribution in [-0.2, 0) is 14.3 Å². The highest BCUT2D eigenvalue weighted by Crippen LogP contribution is 2.20. The van der Waals surface area contributed by atoms with Crippen LogP contribution in [0.5, 0.6) is 0 Å². The van der Waals surface area contributed by atoms with Gasteiger partial charge in [-0.3, -0.25) is 14.4 Å². The van der Waals surface area contributed by atoms with Crippen LogP contribution in [-0.4, -0.2) is 23.8 Å². The molecule has 2 rings (SSSR count).